The number of methoxy groups -OCH3 is 2. The molecule has 0 aliphatic heterocycles. The molecule has 0 N–H and O–H groups in total. The molecule has 0 amide bonds. The molecule has 0 radical (unpaired) electrons. The van der Waals surface area contributed by atoms with Crippen molar-refractivity contribution in [3.63, 3.8) is 0 Å². The van der Waals surface area contributed by atoms with Gasteiger partial charge < -0.3 is 9.47 Å². The Labute approximate surface area is 182 Å². The number of carbonyl (C=O) groups is 2. The number of ether oxygens (including phenoxy) is 2. The molecule has 0 spiro atoms. The van der Waals surface area contributed by atoms with E-state index >= 15 is 0 Å². The molecule has 2 aromatic rings. The van der Waals surface area contributed by atoms with E-state index < -0.39 is 7.92 Å². The lowest BCUT2D eigenvalue weighted by Crippen LogP contribution is -2.21. The fourth-order valence-corrected chi connectivity index (χ4v) is 7.14. The number of rotatable bonds is 7. The SMILES string of the molecule is COc1cccc(OC)c1C(=O)P(C(=O)c1c(Cl)cccc1Cl)C1CCCCC1. The first kappa shape index (κ1) is 22.1. The predicted molar refractivity (Wildman–Crippen MR) is 118 cm³/mol. The van der Waals surface area contributed by atoms with Crippen molar-refractivity contribution in [2.45, 2.75) is 37.8 Å². The third-order valence-electron chi connectivity index (χ3n) is 5.20. The summed E-state index contributed by atoms with van der Waals surface area (Å²) >= 11 is 12.6. The van der Waals surface area contributed by atoms with Gasteiger partial charge in [-0.2, -0.15) is 0 Å². The van der Waals surface area contributed by atoms with Crippen LogP contribution in [0.5, 0.6) is 11.5 Å². The van der Waals surface area contributed by atoms with Gasteiger partial charge in [0.05, 0.1) is 29.8 Å². The molecule has 0 saturated heterocycles. The van der Waals surface area contributed by atoms with Crippen molar-refractivity contribution in [3.8, 4) is 11.5 Å². The highest BCUT2D eigenvalue weighted by Gasteiger charge is 2.39. The van der Waals surface area contributed by atoms with Crippen LogP contribution in [0.25, 0.3) is 0 Å². The summed E-state index contributed by atoms with van der Waals surface area (Å²) in [5.41, 5.74) is 0.00352. The van der Waals surface area contributed by atoms with E-state index in [0.29, 0.717) is 17.1 Å². The summed E-state index contributed by atoms with van der Waals surface area (Å²) < 4.78 is 10.9. The number of halogens is 2. The molecule has 1 saturated carbocycles. The van der Waals surface area contributed by atoms with Crippen LogP contribution < -0.4 is 9.47 Å². The maximum absolute atomic E-state index is 13.8. The third kappa shape index (κ3) is 4.60. The van der Waals surface area contributed by atoms with Gasteiger partial charge in [0, 0.05) is 7.92 Å². The average Bonchev–Trinajstić information content (AvgIpc) is 2.73. The van der Waals surface area contributed by atoms with Gasteiger partial charge in [0.15, 0.2) is 11.0 Å². The Hall–Kier alpha value is -1.61. The number of benzene rings is 2. The van der Waals surface area contributed by atoms with Crippen molar-refractivity contribution in [1.82, 2.24) is 0 Å². The molecular formula is C22H23Cl2O4P. The molecule has 1 aliphatic rings. The molecule has 1 atom stereocenters. The van der Waals surface area contributed by atoms with Gasteiger partial charge in [-0.15, -0.1) is 0 Å². The minimum Gasteiger partial charge on any atom is -0.496 e. The lowest BCUT2D eigenvalue weighted by Gasteiger charge is -2.29. The van der Waals surface area contributed by atoms with Crippen molar-refractivity contribution >= 4 is 42.2 Å². The molecule has 29 heavy (non-hydrogen) atoms. The van der Waals surface area contributed by atoms with Crippen LogP contribution in [0.2, 0.25) is 10.0 Å². The Kier molecular flexibility index (Phi) is 7.56. The summed E-state index contributed by atoms with van der Waals surface area (Å²) in [5.74, 6) is 0.798. The highest BCUT2D eigenvalue weighted by molar-refractivity contribution is 7.90. The fourth-order valence-electron chi connectivity index (χ4n) is 3.77. The van der Waals surface area contributed by atoms with Crippen molar-refractivity contribution in [2.24, 2.45) is 0 Å². The lowest BCUT2D eigenvalue weighted by atomic mass is 10.0. The van der Waals surface area contributed by atoms with Crippen LogP contribution in [0, 0.1) is 0 Å². The number of hydrogen-bond donors (Lipinski definition) is 0. The molecule has 0 bridgehead atoms. The predicted octanol–water partition coefficient (Wildman–Crippen LogP) is 6.81. The molecule has 0 aromatic heterocycles. The zero-order valence-electron chi connectivity index (χ0n) is 16.4. The molecule has 0 heterocycles. The Balaban J connectivity index is 2.12. The maximum atomic E-state index is 13.8. The van der Waals surface area contributed by atoms with E-state index in [0.717, 1.165) is 32.1 Å². The van der Waals surface area contributed by atoms with E-state index in [1.807, 2.05) is 0 Å². The third-order valence-corrected chi connectivity index (χ3v) is 8.39. The second kappa shape index (κ2) is 9.93. The first-order valence-electron chi connectivity index (χ1n) is 9.52. The van der Waals surface area contributed by atoms with Crippen LogP contribution in [0.3, 0.4) is 0 Å². The zero-order valence-corrected chi connectivity index (χ0v) is 18.8. The molecule has 1 unspecified atom stereocenters. The summed E-state index contributed by atoms with van der Waals surface area (Å²) in [6, 6.07) is 10.1. The largest absolute Gasteiger partial charge is 0.496 e. The van der Waals surface area contributed by atoms with Crippen LogP contribution in [0.15, 0.2) is 36.4 Å². The van der Waals surface area contributed by atoms with Gasteiger partial charge in [0.1, 0.15) is 17.1 Å². The second-order valence-electron chi connectivity index (χ2n) is 6.91. The smallest absolute Gasteiger partial charge is 0.199 e. The first-order valence-corrected chi connectivity index (χ1v) is 11.7. The van der Waals surface area contributed by atoms with Crippen LogP contribution >= 0.6 is 31.1 Å². The van der Waals surface area contributed by atoms with Crippen LogP contribution in [0.4, 0.5) is 0 Å². The Morgan fingerprint density at radius 1 is 0.828 bits per heavy atom. The maximum Gasteiger partial charge on any atom is 0.199 e. The quantitative estimate of drug-likeness (QED) is 0.433. The van der Waals surface area contributed by atoms with Gasteiger partial charge in [-0.3, -0.25) is 9.59 Å². The van der Waals surface area contributed by atoms with Gasteiger partial charge in [0.2, 0.25) is 0 Å². The van der Waals surface area contributed by atoms with E-state index in [4.69, 9.17) is 32.7 Å². The van der Waals surface area contributed by atoms with E-state index in [1.165, 1.54) is 14.2 Å². The van der Waals surface area contributed by atoms with E-state index in [2.05, 4.69) is 0 Å². The highest BCUT2D eigenvalue weighted by Crippen LogP contribution is 2.55. The first-order chi connectivity index (χ1) is 14.0. The van der Waals surface area contributed by atoms with Gasteiger partial charge >= 0.3 is 0 Å². The molecule has 154 valence electrons. The summed E-state index contributed by atoms with van der Waals surface area (Å²) in [5, 5.41) is 0.538. The van der Waals surface area contributed by atoms with Crippen molar-refractivity contribution < 1.29 is 19.1 Å². The highest BCUT2D eigenvalue weighted by atomic mass is 35.5. The Bertz CT molecular complexity index is 867. The van der Waals surface area contributed by atoms with Gasteiger partial charge in [0.25, 0.3) is 0 Å². The molecule has 4 nitrogen and oxygen atoms in total. The zero-order chi connectivity index (χ0) is 21.0. The topological polar surface area (TPSA) is 52.6 Å². The normalized spacial score (nSPS) is 15.6. The minimum absolute atomic E-state index is 0.0132. The summed E-state index contributed by atoms with van der Waals surface area (Å²) in [6.07, 6.45) is 4.80. The molecule has 1 aliphatic carbocycles. The van der Waals surface area contributed by atoms with Crippen LogP contribution in [-0.2, 0) is 0 Å². The van der Waals surface area contributed by atoms with Crippen LogP contribution in [0.1, 0.15) is 52.8 Å². The van der Waals surface area contributed by atoms with E-state index in [9.17, 15) is 9.59 Å². The van der Waals surface area contributed by atoms with E-state index in [1.54, 1.807) is 36.4 Å². The van der Waals surface area contributed by atoms with Crippen molar-refractivity contribution in [1.29, 1.82) is 0 Å². The molecule has 1 fully saturated rings. The summed E-state index contributed by atoms with van der Waals surface area (Å²) in [7, 11) is 1.27. The monoisotopic (exact) mass is 452 g/mol. The van der Waals surface area contributed by atoms with Crippen molar-refractivity contribution in [2.75, 3.05) is 14.2 Å². The Morgan fingerprint density at radius 2 is 1.31 bits per heavy atom. The minimum atomic E-state index is -1.74. The Morgan fingerprint density at radius 3 is 1.83 bits per heavy atom. The fraction of sp³-hybridized carbons (Fsp3) is 0.364. The summed E-state index contributed by atoms with van der Waals surface area (Å²) in [6.45, 7) is 0. The van der Waals surface area contributed by atoms with Gasteiger partial charge in [-0.1, -0.05) is 54.6 Å². The molecule has 2 aromatic carbocycles. The lowest BCUT2D eigenvalue weighted by molar-refractivity contribution is 0.104. The average molecular weight is 453 g/mol. The van der Waals surface area contributed by atoms with Crippen molar-refractivity contribution in [3.05, 3.63) is 57.6 Å². The van der Waals surface area contributed by atoms with E-state index in [-0.39, 0.29) is 32.3 Å². The molecule has 7 heteroatoms. The van der Waals surface area contributed by atoms with Gasteiger partial charge in [-0.25, -0.2) is 0 Å². The summed E-state index contributed by atoms with van der Waals surface area (Å²) in [4.78, 5) is 27.5. The molecule has 3 rings (SSSR count). The second-order valence-corrected chi connectivity index (χ2v) is 10.0. The van der Waals surface area contributed by atoms with Crippen LogP contribution in [-0.4, -0.2) is 30.9 Å². The van der Waals surface area contributed by atoms with Gasteiger partial charge in [-0.05, 0) is 42.8 Å². The standard InChI is InChI=1S/C22H23Cl2O4P/c1-27-17-12-7-13-18(28-2)20(17)22(26)29(14-8-4-3-5-9-14)21(25)19-15(23)10-6-11-16(19)24/h6-7,10-14H,3-5,8-9H2,1-2H3. The molecular weight excluding hydrogens is 430 g/mol. The number of hydrogen-bond acceptors (Lipinski definition) is 4. The number of carbonyl (C=O) groups excluding carboxylic acids is 2.